The van der Waals surface area contributed by atoms with Crippen molar-refractivity contribution in [2.45, 2.75) is 20.3 Å². The molecule has 0 spiro atoms. The van der Waals surface area contributed by atoms with E-state index in [2.05, 4.69) is 26.1 Å². The molecule has 14 heavy (non-hydrogen) atoms. The smallest absolute Gasteiger partial charge is 0.115 e. The summed E-state index contributed by atoms with van der Waals surface area (Å²) in [5, 5.41) is 9.30. The number of benzene rings is 1. The molecule has 0 bridgehead atoms. The van der Waals surface area contributed by atoms with Crippen molar-refractivity contribution in [3.63, 3.8) is 0 Å². The third-order valence-electron chi connectivity index (χ3n) is 2.25. The van der Waals surface area contributed by atoms with Gasteiger partial charge in [0.15, 0.2) is 0 Å². The fourth-order valence-corrected chi connectivity index (χ4v) is 1.36. The van der Waals surface area contributed by atoms with E-state index in [0.717, 1.165) is 28.7 Å². The first-order valence-electron chi connectivity index (χ1n) is 4.72. The summed E-state index contributed by atoms with van der Waals surface area (Å²) in [6.45, 7) is 11.6. The Morgan fingerprint density at radius 1 is 1.21 bits per heavy atom. The maximum absolute atomic E-state index is 9.30. The van der Waals surface area contributed by atoms with Gasteiger partial charge in [-0.2, -0.15) is 0 Å². The quantitative estimate of drug-likeness (QED) is 0.712. The third kappa shape index (κ3) is 2.25. The Bertz CT molecular complexity index is 375. The molecule has 0 atom stereocenters. The van der Waals surface area contributed by atoms with Crippen LogP contribution in [0.1, 0.15) is 30.0 Å². The number of aliphatic hydroxyl groups excluding tert-OH is 1. The molecule has 0 saturated heterocycles. The van der Waals surface area contributed by atoms with Crippen LogP contribution in [0.25, 0.3) is 11.3 Å². The Morgan fingerprint density at radius 2 is 1.79 bits per heavy atom. The largest absolute Gasteiger partial charge is 0.508 e. The lowest BCUT2D eigenvalue weighted by Gasteiger charge is -2.07. The Balaban J connectivity index is 3.20. The zero-order valence-electron chi connectivity index (χ0n) is 8.80. The molecule has 1 N–H and O–H groups in total. The minimum Gasteiger partial charge on any atom is -0.508 e. The highest BCUT2D eigenvalue weighted by molar-refractivity contribution is 5.68. The van der Waals surface area contributed by atoms with Gasteiger partial charge in [-0.05, 0) is 42.2 Å². The molecular formula is C13H16O. The Morgan fingerprint density at radius 3 is 2.29 bits per heavy atom. The molecule has 0 saturated carbocycles. The molecule has 0 radical (unpaired) electrons. The Kier molecular flexibility index (Phi) is 3.13. The lowest BCUT2D eigenvalue weighted by molar-refractivity contribution is 0.513. The van der Waals surface area contributed by atoms with Crippen molar-refractivity contribution in [2.75, 3.05) is 0 Å². The maximum Gasteiger partial charge on any atom is 0.115 e. The summed E-state index contributed by atoms with van der Waals surface area (Å²) in [6.07, 6.45) is 0.917. The summed E-state index contributed by atoms with van der Waals surface area (Å²) in [4.78, 5) is 0. The fraction of sp³-hybridized carbons (Fsp3) is 0.231. The average Bonchev–Trinajstić information content (AvgIpc) is 2.15. The van der Waals surface area contributed by atoms with Crippen molar-refractivity contribution in [1.82, 2.24) is 0 Å². The third-order valence-corrected chi connectivity index (χ3v) is 2.25. The predicted octanol–water partition coefficient (Wildman–Crippen LogP) is 3.95. The van der Waals surface area contributed by atoms with Gasteiger partial charge in [0.1, 0.15) is 5.76 Å². The first-order chi connectivity index (χ1) is 6.54. The maximum atomic E-state index is 9.30. The molecule has 1 aromatic rings. The molecule has 0 aliphatic carbocycles. The van der Waals surface area contributed by atoms with E-state index in [4.69, 9.17) is 0 Å². The zero-order chi connectivity index (χ0) is 10.7. The topological polar surface area (TPSA) is 20.2 Å². The number of allylic oxidation sites excluding steroid dienone is 1. The second-order valence-corrected chi connectivity index (χ2v) is 3.49. The minimum atomic E-state index is 0.110. The van der Waals surface area contributed by atoms with Gasteiger partial charge in [0.25, 0.3) is 0 Å². The highest BCUT2D eigenvalue weighted by atomic mass is 16.3. The molecule has 1 nitrogen and oxygen atoms in total. The van der Waals surface area contributed by atoms with Crippen LogP contribution in [0.3, 0.4) is 0 Å². The van der Waals surface area contributed by atoms with E-state index in [1.165, 1.54) is 0 Å². The van der Waals surface area contributed by atoms with Gasteiger partial charge in [0, 0.05) is 5.56 Å². The number of hydrogen-bond donors (Lipinski definition) is 1. The molecule has 74 valence electrons. The normalized spacial score (nSPS) is 9.86. The van der Waals surface area contributed by atoms with Gasteiger partial charge in [0.2, 0.25) is 0 Å². The molecule has 0 aliphatic rings. The van der Waals surface area contributed by atoms with Crippen LogP contribution in [0.2, 0.25) is 0 Å². The van der Waals surface area contributed by atoms with Crippen LogP contribution >= 0.6 is 0 Å². The first kappa shape index (κ1) is 10.6. The molecule has 0 aliphatic heterocycles. The van der Waals surface area contributed by atoms with Gasteiger partial charge in [-0.15, -0.1) is 0 Å². The molecule has 0 aromatic heterocycles. The van der Waals surface area contributed by atoms with Gasteiger partial charge in [0.05, 0.1) is 0 Å². The highest BCUT2D eigenvalue weighted by Crippen LogP contribution is 2.21. The standard InChI is InChI=1S/C13H16O/c1-5-10(3)12-6-9(2)7-13(8-12)11(4)14/h6-8,14H,3-5H2,1-2H3. The van der Waals surface area contributed by atoms with E-state index in [1.54, 1.807) is 0 Å². The lowest BCUT2D eigenvalue weighted by atomic mass is 9.99. The number of aryl methyl sites for hydroxylation is 1. The molecule has 0 heterocycles. The van der Waals surface area contributed by atoms with Gasteiger partial charge < -0.3 is 5.11 Å². The first-order valence-corrected chi connectivity index (χ1v) is 4.72. The van der Waals surface area contributed by atoms with Gasteiger partial charge in [-0.1, -0.05) is 26.1 Å². The molecule has 0 fully saturated rings. The van der Waals surface area contributed by atoms with Gasteiger partial charge in [-0.3, -0.25) is 0 Å². The summed E-state index contributed by atoms with van der Waals surface area (Å²) in [7, 11) is 0. The lowest BCUT2D eigenvalue weighted by Crippen LogP contribution is -1.88. The zero-order valence-corrected chi connectivity index (χ0v) is 8.80. The van der Waals surface area contributed by atoms with E-state index in [1.807, 2.05) is 19.1 Å². The molecule has 1 heteroatoms. The number of aliphatic hydroxyl groups is 1. The van der Waals surface area contributed by atoms with Crippen molar-refractivity contribution in [1.29, 1.82) is 0 Å². The Hall–Kier alpha value is -1.50. The minimum absolute atomic E-state index is 0.110. The van der Waals surface area contributed by atoms with E-state index >= 15 is 0 Å². The average molecular weight is 188 g/mol. The van der Waals surface area contributed by atoms with Crippen molar-refractivity contribution >= 4 is 11.3 Å². The van der Waals surface area contributed by atoms with Crippen molar-refractivity contribution in [3.8, 4) is 0 Å². The summed E-state index contributed by atoms with van der Waals surface area (Å²) in [5.41, 5.74) is 4.05. The summed E-state index contributed by atoms with van der Waals surface area (Å²) in [5.74, 6) is 0.110. The predicted molar refractivity (Wildman–Crippen MR) is 62.2 cm³/mol. The molecular weight excluding hydrogens is 172 g/mol. The van der Waals surface area contributed by atoms with E-state index in [-0.39, 0.29) is 5.76 Å². The second kappa shape index (κ2) is 4.14. The summed E-state index contributed by atoms with van der Waals surface area (Å²) < 4.78 is 0. The van der Waals surface area contributed by atoms with E-state index < -0.39 is 0 Å². The van der Waals surface area contributed by atoms with Crippen LogP contribution < -0.4 is 0 Å². The van der Waals surface area contributed by atoms with Gasteiger partial charge >= 0.3 is 0 Å². The van der Waals surface area contributed by atoms with Crippen molar-refractivity contribution in [3.05, 3.63) is 48.0 Å². The van der Waals surface area contributed by atoms with Crippen LogP contribution in [0.4, 0.5) is 0 Å². The van der Waals surface area contributed by atoms with Gasteiger partial charge in [-0.25, -0.2) is 0 Å². The number of rotatable bonds is 3. The van der Waals surface area contributed by atoms with Crippen molar-refractivity contribution in [2.24, 2.45) is 0 Å². The van der Waals surface area contributed by atoms with E-state index in [9.17, 15) is 5.11 Å². The molecule has 1 rings (SSSR count). The molecule has 1 aromatic carbocycles. The highest BCUT2D eigenvalue weighted by Gasteiger charge is 2.02. The van der Waals surface area contributed by atoms with Crippen LogP contribution in [0.15, 0.2) is 31.4 Å². The monoisotopic (exact) mass is 188 g/mol. The summed E-state index contributed by atoms with van der Waals surface area (Å²) >= 11 is 0. The SMILES string of the molecule is C=C(O)c1cc(C)cc(C(=C)CC)c1. The fourth-order valence-electron chi connectivity index (χ4n) is 1.36. The second-order valence-electron chi connectivity index (χ2n) is 3.49. The Labute approximate surface area is 85.4 Å². The van der Waals surface area contributed by atoms with Crippen LogP contribution in [-0.2, 0) is 0 Å². The van der Waals surface area contributed by atoms with Crippen LogP contribution in [0, 0.1) is 6.92 Å². The molecule has 0 amide bonds. The molecule has 0 unspecified atom stereocenters. The van der Waals surface area contributed by atoms with Crippen LogP contribution in [-0.4, -0.2) is 5.11 Å². The van der Waals surface area contributed by atoms with Crippen molar-refractivity contribution < 1.29 is 5.11 Å². The number of hydrogen-bond acceptors (Lipinski definition) is 1. The van der Waals surface area contributed by atoms with Crippen LogP contribution in [0.5, 0.6) is 0 Å². The summed E-state index contributed by atoms with van der Waals surface area (Å²) in [6, 6.07) is 5.90. The van der Waals surface area contributed by atoms with E-state index in [0.29, 0.717) is 0 Å².